The maximum atomic E-state index is 15.1. The molecular weight excluding hydrogens is 628 g/mol. The first-order chi connectivity index (χ1) is 22.4. The van der Waals surface area contributed by atoms with E-state index in [4.69, 9.17) is 4.74 Å². The summed E-state index contributed by atoms with van der Waals surface area (Å²) in [7, 11) is 0. The minimum Gasteiger partial charge on any atom is -0.469 e. The first kappa shape index (κ1) is 34.5. The summed E-state index contributed by atoms with van der Waals surface area (Å²) >= 11 is 0. The molecule has 2 aliphatic carbocycles. The minimum absolute atomic E-state index is 0.0425. The third-order valence-corrected chi connectivity index (χ3v) is 9.24. The molecule has 47 heavy (non-hydrogen) atoms. The summed E-state index contributed by atoms with van der Waals surface area (Å²) in [6.07, 6.45) is 6.20. The van der Waals surface area contributed by atoms with Crippen LogP contribution in [-0.4, -0.2) is 12.7 Å². The molecule has 3 aromatic carbocycles. The van der Waals surface area contributed by atoms with E-state index in [1.54, 1.807) is 19.1 Å². The number of allylic oxidation sites excluding steroid dienone is 2. The molecule has 0 amide bonds. The molecule has 0 radical (unpaired) electrons. The van der Waals surface area contributed by atoms with Crippen molar-refractivity contribution in [1.82, 2.24) is 0 Å². The molecule has 0 aromatic heterocycles. The molecule has 2 nitrogen and oxygen atoms in total. The number of halogens is 8. The molecule has 0 heterocycles. The Bertz CT molecular complexity index is 1560. The topological polar surface area (TPSA) is 18.5 Å². The Kier molecular flexibility index (Phi) is 11.0. The van der Waals surface area contributed by atoms with E-state index >= 15 is 8.78 Å². The summed E-state index contributed by atoms with van der Waals surface area (Å²) in [5.74, 6) is -7.33. The van der Waals surface area contributed by atoms with E-state index in [0.29, 0.717) is 36.8 Å². The standard InChI is InChI=1S/C37H36F8O2/c1-2-46-36(43)34(41)26-13-11-25(12-14-26)24-9-5-22(6-10-24)3-4-23-7-15-28(16-8-23)37(44,45)47-29-17-18-30(31(38)21-29)27-19-32(39)35(42)33(40)20-27/h3-4,11-14,17-24,28H,2,5-10,15-16H2,1H3/b4-3+,36-34-. The van der Waals surface area contributed by atoms with Crippen LogP contribution in [0.4, 0.5) is 35.1 Å². The van der Waals surface area contributed by atoms with Crippen molar-refractivity contribution in [3.05, 3.63) is 107 Å². The number of benzene rings is 3. The number of alkyl halides is 2. The summed E-state index contributed by atoms with van der Waals surface area (Å²) in [5.41, 5.74) is 0.665. The fourth-order valence-corrected chi connectivity index (χ4v) is 6.56. The molecule has 0 atom stereocenters. The Balaban J connectivity index is 1.09. The van der Waals surface area contributed by atoms with Gasteiger partial charge in [-0.05, 0) is 111 Å². The minimum atomic E-state index is -3.55. The van der Waals surface area contributed by atoms with Crippen molar-refractivity contribution < 1.29 is 44.6 Å². The number of ether oxygens (including phenoxy) is 2. The molecule has 10 heteroatoms. The fourth-order valence-electron chi connectivity index (χ4n) is 6.56. The first-order valence-electron chi connectivity index (χ1n) is 15.9. The summed E-state index contributed by atoms with van der Waals surface area (Å²) in [6.45, 7) is 1.62. The molecule has 252 valence electrons. The highest BCUT2D eigenvalue weighted by Crippen LogP contribution is 2.42. The van der Waals surface area contributed by atoms with Crippen LogP contribution < -0.4 is 4.74 Å². The second-order valence-corrected chi connectivity index (χ2v) is 12.3. The molecule has 0 aliphatic heterocycles. The lowest BCUT2D eigenvalue weighted by Crippen LogP contribution is -2.37. The van der Waals surface area contributed by atoms with Crippen LogP contribution in [0.2, 0.25) is 0 Å². The van der Waals surface area contributed by atoms with Crippen molar-refractivity contribution in [1.29, 1.82) is 0 Å². The molecule has 5 rings (SSSR count). The quantitative estimate of drug-likeness (QED) is 0.0930. The second kappa shape index (κ2) is 14.9. The number of hydrogen-bond donors (Lipinski definition) is 0. The van der Waals surface area contributed by atoms with Crippen LogP contribution in [0.1, 0.15) is 75.3 Å². The van der Waals surface area contributed by atoms with Gasteiger partial charge in [0, 0.05) is 17.2 Å². The monoisotopic (exact) mass is 664 g/mol. The molecule has 2 saturated carbocycles. The van der Waals surface area contributed by atoms with Crippen molar-refractivity contribution in [3.8, 4) is 16.9 Å². The van der Waals surface area contributed by atoms with Crippen LogP contribution in [0.15, 0.2) is 72.8 Å². The summed E-state index contributed by atoms with van der Waals surface area (Å²) in [4.78, 5) is 0. The number of hydrogen-bond acceptors (Lipinski definition) is 2. The summed E-state index contributed by atoms with van der Waals surface area (Å²) in [6, 6.07) is 9.71. The molecular formula is C37H36F8O2. The predicted octanol–water partition coefficient (Wildman–Crippen LogP) is 11.8. The van der Waals surface area contributed by atoms with E-state index in [9.17, 15) is 26.3 Å². The van der Waals surface area contributed by atoms with Crippen molar-refractivity contribution >= 4 is 5.83 Å². The highest BCUT2D eigenvalue weighted by Gasteiger charge is 2.44. The Morgan fingerprint density at radius 2 is 1.32 bits per heavy atom. The predicted molar refractivity (Wildman–Crippen MR) is 164 cm³/mol. The number of rotatable bonds is 10. The van der Waals surface area contributed by atoms with Gasteiger partial charge >= 0.3 is 12.1 Å². The van der Waals surface area contributed by atoms with E-state index in [-0.39, 0.29) is 42.1 Å². The van der Waals surface area contributed by atoms with Crippen LogP contribution in [0.5, 0.6) is 5.75 Å². The van der Waals surface area contributed by atoms with E-state index in [0.717, 1.165) is 49.4 Å². The maximum Gasteiger partial charge on any atom is 0.400 e. The molecule has 2 aliphatic rings. The van der Waals surface area contributed by atoms with E-state index in [1.807, 2.05) is 12.1 Å². The van der Waals surface area contributed by atoms with Gasteiger partial charge in [-0.15, -0.1) is 0 Å². The third-order valence-electron chi connectivity index (χ3n) is 9.24. The van der Waals surface area contributed by atoms with Gasteiger partial charge in [-0.25, -0.2) is 17.6 Å². The zero-order valence-electron chi connectivity index (χ0n) is 25.9. The lowest BCUT2D eigenvalue weighted by Gasteiger charge is -2.33. The van der Waals surface area contributed by atoms with Gasteiger partial charge in [0.05, 0.1) is 12.5 Å². The fraction of sp³-hybridized carbons (Fsp3) is 0.405. The lowest BCUT2D eigenvalue weighted by atomic mass is 9.77. The van der Waals surface area contributed by atoms with E-state index in [1.165, 1.54) is 0 Å². The summed E-state index contributed by atoms with van der Waals surface area (Å²) < 4.78 is 123. The van der Waals surface area contributed by atoms with Gasteiger partial charge in [-0.1, -0.05) is 36.4 Å². The third kappa shape index (κ3) is 8.37. The Hall–Kier alpha value is -3.82. The Labute approximate surface area is 269 Å². The van der Waals surface area contributed by atoms with Crippen LogP contribution in [0.3, 0.4) is 0 Å². The normalized spacial score (nSPS) is 22.7. The Morgan fingerprint density at radius 3 is 1.87 bits per heavy atom. The largest absolute Gasteiger partial charge is 0.469 e. The second-order valence-electron chi connectivity index (χ2n) is 12.3. The van der Waals surface area contributed by atoms with Gasteiger partial charge in [-0.3, -0.25) is 0 Å². The highest BCUT2D eigenvalue weighted by atomic mass is 19.3. The van der Waals surface area contributed by atoms with Crippen LogP contribution in [0, 0.1) is 41.0 Å². The molecule has 3 aromatic rings. The maximum absolute atomic E-state index is 15.1. The van der Waals surface area contributed by atoms with E-state index in [2.05, 4.69) is 16.9 Å². The lowest BCUT2D eigenvalue weighted by molar-refractivity contribution is -0.223. The molecule has 0 N–H and O–H groups in total. The van der Waals surface area contributed by atoms with Gasteiger partial charge in [0.25, 0.3) is 0 Å². The van der Waals surface area contributed by atoms with Crippen molar-refractivity contribution in [2.24, 2.45) is 17.8 Å². The SMILES string of the molecule is CCO/C(F)=C(\F)c1ccc(C2CCC(/C=C/C3CCC(C(F)(F)Oc4ccc(-c5cc(F)c(F)c(F)c5)c(F)c4)CC3)CC2)cc1. The van der Waals surface area contributed by atoms with Crippen LogP contribution in [0.25, 0.3) is 17.0 Å². The van der Waals surface area contributed by atoms with E-state index < -0.39 is 52.9 Å². The van der Waals surface area contributed by atoms with Gasteiger partial charge in [-0.2, -0.15) is 17.6 Å². The van der Waals surface area contributed by atoms with Crippen molar-refractivity contribution in [2.75, 3.05) is 6.61 Å². The Morgan fingerprint density at radius 1 is 0.745 bits per heavy atom. The first-order valence-corrected chi connectivity index (χ1v) is 15.9. The average molecular weight is 665 g/mol. The van der Waals surface area contributed by atoms with Gasteiger partial charge < -0.3 is 9.47 Å². The van der Waals surface area contributed by atoms with Crippen LogP contribution >= 0.6 is 0 Å². The average Bonchev–Trinajstić information content (AvgIpc) is 3.06. The van der Waals surface area contributed by atoms with Gasteiger partial charge in [0.15, 0.2) is 17.5 Å². The zero-order valence-corrected chi connectivity index (χ0v) is 25.9. The van der Waals surface area contributed by atoms with Gasteiger partial charge in [0.2, 0.25) is 5.83 Å². The zero-order chi connectivity index (χ0) is 33.7. The molecule has 0 spiro atoms. The van der Waals surface area contributed by atoms with Crippen molar-refractivity contribution in [2.45, 2.75) is 70.3 Å². The molecule has 0 bridgehead atoms. The molecule has 0 saturated heterocycles. The molecule has 0 unspecified atom stereocenters. The van der Waals surface area contributed by atoms with Gasteiger partial charge in [0.1, 0.15) is 11.6 Å². The smallest absolute Gasteiger partial charge is 0.400 e. The molecule has 2 fully saturated rings. The van der Waals surface area contributed by atoms with Crippen LogP contribution in [-0.2, 0) is 4.74 Å². The highest BCUT2D eigenvalue weighted by molar-refractivity contribution is 5.65. The van der Waals surface area contributed by atoms with Crippen molar-refractivity contribution in [3.63, 3.8) is 0 Å². The summed E-state index contributed by atoms with van der Waals surface area (Å²) in [5, 5.41) is 0.